The van der Waals surface area contributed by atoms with E-state index in [-0.39, 0.29) is 12.8 Å². The summed E-state index contributed by atoms with van der Waals surface area (Å²) in [4.78, 5) is 45.4. The minimum Gasteiger partial charge on any atom is -0.481 e. The van der Waals surface area contributed by atoms with E-state index in [2.05, 4.69) is 4.52 Å². The molecule has 0 rings (SSSR count). The SMILES string of the molecule is N[C@@H](COP(=O)(O)O)C(=O)O.O=C(O)CCC(=O)O. The first-order valence-electron chi connectivity index (χ1n) is 4.57. The molecule has 0 heterocycles. The van der Waals surface area contributed by atoms with Crippen LogP contribution < -0.4 is 5.73 Å². The summed E-state index contributed by atoms with van der Waals surface area (Å²) in [6, 6.07) is -1.41. The van der Waals surface area contributed by atoms with E-state index < -0.39 is 38.4 Å². The highest BCUT2D eigenvalue weighted by molar-refractivity contribution is 7.46. The molecule has 19 heavy (non-hydrogen) atoms. The maximum atomic E-state index is 9.98. The summed E-state index contributed by atoms with van der Waals surface area (Å²) in [5.74, 6) is -3.53. The van der Waals surface area contributed by atoms with Gasteiger partial charge in [0.1, 0.15) is 6.04 Å². The highest BCUT2D eigenvalue weighted by Gasteiger charge is 2.19. The zero-order valence-corrected chi connectivity index (χ0v) is 10.4. The van der Waals surface area contributed by atoms with Gasteiger partial charge in [-0.05, 0) is 0 Å². The summed E-state index contributed by atoms with van der Waals surface area (Å²) in [5, 5.41) is 23.9. The number of hydrogen-bond donors (Lipinski definition) is 6. The summed E-state index contributed by atoms with van der Waals surface area (Å²) >= 11 is 0. The molecule has 11 nitrogen and oxygen atoms in total. The Bertz CT molecular complexity index is 349. The molecule has 0 bridgehead atoms. The first-order valence-corrected chi connectivity index (χ1v) is 6.10. The van der Waals surface area contributed by atoms with Gasteiger partial charge in [0.2, 0.25) is 0 Å². The van der Waals surface area contributed by atoms with Crippen molar-refractivity contribution >= 4 is 25.7 Å². The van der Waals surface area contributed by atoms with Crippen molar-refractivity contribution in [3.05, 3.63) is 0 Å². The molecule has 0 spiro atoms. The molecule has 0 saturated carbocycles. The fourth-order valence-corrected chi connectivity index (χ4v) is 0.817. The Morgan fingerprint density at radius 3 is 1.63 bits per heavy atom. The number of aliphatic carboxylic acids is 3. The van der Waals surface area contributed by atoms with Crippen LogP contribution in [0.4, 0.5) is 0 Å². The molecule has 12 heteroatoms. The molecule has 112 valence electrons. The van der Waals surface area contributed by atoms with E-state index in [0.29, 0.717) is 0 Å². The molecule has 7 N–H and O–H groups in total. The van der Waals surface area contributed by atoms with Gasteiger partial charge in [0, 0.05) is 0 Å². The van der Waals surface area contributed by atoms with Crippen molar-refractivity contribution in [1.82, 2.24) is 0 Å². The maximum absolute atomic E-state index is 9.98. The lowest BCUT2D eigenvalue weighted by Crippen LogP contribution is -2.34. The van der Waals surface area contributed by atoms with Crippen LogP contribution in [0, 0.1) is 0 Å². The van der Waals surface area contributed by atoms with Crippen molar-refractivity contribution in [2.24, 2.45) is 5.73 Å². The third-order valence-electron chi connectivity index (χ3n) is 1.29. The fourth-order valence-electron chi connectivity index (χ4n) is 0.463. The third kappa shape index (κ3) is 19.0. The van der Waals surface area contributed by atoms with E-state index in [4.69, 9.17) is 30.8 Å². The largest absolute Gasteiger partial charge is 0.481 e. The Labute approximate surface area is 106 Å². The summed E-state index contributed by atoms with van der Waals surface area (Å²) < 4.78 is 13.8. The molecule has 0 aliphatic heterocycles. The molecule has 0 fully saturated rings. The Balaban J connectivity index is 0. The van der Waals surface area contributed by atoms with E-state index >= 15 is 0 Å². The average Bonchev–Trinajstić information content (AvgIpc) is 2.22. The van der Waals surface area contributed by atoms with Gasteiger partial charge < -0.3 is 30.8 Å². The zero-order chi connectivity index (χ0) is 15.6. The van der Waals surface area contributed by atoms with Crippen LogP contribution in [-0.4, -0.2) is 55.7 Å². The molecule has 1 atom stereocenters. The van der Waals surface area contributed by atoms with Crippen LogP contribution in [0.5, 0.6) is 0 Å². The quantitative estimate of drug-likeness (QED) is 0.296. The van der Waals surface area contributed by atoms with E-state index in [1.165, 1.54) is 0 Å². The normalized spacial score (nSPS) is 11.9. The highest BCUT2D eigenvalue weighted by Crippen LogP contribution is 2.35. The second-order valence-electron chi connectivity index (χ2n) is 3.02. The van der Waals surface area contributed by atoms with Gasteiger partial charge >= 0.3 is 25.7 Å². The minimum atomic E-state index is -4.60. The Morgan fingerprint density at radius 2 is 1.42 bits per heavy atom. The number of carboxylic acid groups (broad SMARTS) is 3. The molecule has 0 aromatic heterocycles. The Kier molecular flexibility index (Phi) is 9.82. The second kappa shape index (κ2) is 9.42. The molecule has 0 aliphatic carbocycles. The van der Waals surface area contributed by atoms with E-state index in [1.807, 2.05) is 0 Å². The van der Waals surface area contributed by atoms with Crippen LogP contribution in [0.15, 0.2) is 0 Å². The van der Waals surface area contributed by atoms with Gasteiger partial charge in [-0.25, -0.2) is 4.57 Å². The van der Waals surface area contributed by atoms with Gasteiger partial charge in [0.25, 0.3) is 0 Å². The van der Waals surface area contributed by atoms with Crippen LogP contribution in [0.2, 0.25) is 0 Å². The van der Waals surface area contributed by atoms with E-state index in [0.717, 1.165) is 0 Å². The lowest BCUT2D eigenvalue weighted by atomic mass is 10.3. The fraction of sp³-hybridized carbons (Fsp3) is 0.571. The third-order valence-corrected chi connectivity index (χ3v) is 1.78. The lowest BCUT2D eigenvalue weighted by molar-refractivity contribution is -0.143. The van der Waals surface area contributed by atoms with Crippen molar-refractivity contribution in [2.75, 3.05) is 6.61 Å². The van der Waals surface area contributed by atoms with Crippen molar-refractivity contribution in [3.8, 4) is 0 Å². The molecular formula is C7H14NO10P. The molecule has 0 aromatic rings. The molecule has 0 saturated heterocycles. The van der Waals surface area contributed by atoms with Crippen LogP contribution in [-0.2, 0) is 23.5 Å². The molecule has 0 aliphatic rings. The molecular weight excluding hydrogens is 289 g/mol. The van der Waals surface area contributed by atoms with Crippen LogP contribution in [0.3, 0.4) is 0 Å². The van der Waals surface area contributed by atoms with Crippen molar-refractivity contribution < 1.29 is 48.6 Å². The monoisotopic (exact) mass is 303 g/mol. The van der Waals surface area contributed by atoms with E-state index in [9.17, 15) is 18.9 Å². The van der Waals surface area contributed by atoms with Crippen molar-refractivity contribution in [2.45, 2.75) is 18.9 Å². The number of rotatable bonds is 7. The van der Waals surface area contributed by atoms with Gasteiger partial charge in [-0.15, -0.1) is 0 Å². The first-order chi connectivity index (χ1) is 8.45. The van der Waals surface area contributed by atoms with Gasteiger partial charge in [0.15, 0.2) is 0 Å². The topological polar surface area (TPSA) is 205 Å². The van der Waals surface area contributed by atoms with Crippen LogP contribution >= 0.6 is 7.82 Å². The number of carbonyl (C=O) groups is 3. The van der Waals surface area contributed by atoms with Crippen molar-refractivity contribution in [1.29, 1.82) is 0 Å². The summed E-state index contributed by atoms with van der Waals surface area (Å²) in [6.45, 7) is -0.709. The second-order valence-corrected chi connectivity index (χ2v) is 4.26. The van der Waals surface area contributed by atoms with Gasteiger partial charge in [-0.1, -0.05) is 0 Å². The number of phosphoric ester groups is 1. The number of phosphoric acid groups is 1. The number of carboxylic acids is 3. The number of hydrogen-bond acceptors (Lipinski definition) is 6. The standard InChI is InChI=1S/C4H6O4.C3H8NO6P/c5-3(6)1-2-4(7)8;4-2(3(5)6)1-10-11(7,8)9/h1-2H2,(H,5,6)(H,7,8);2H,1,4H2,(H,5,6)(H2,7,8,9)/t;2-/m.0/s1. The zero-order valence-electron chi connectivity index (χ0n) is 9.50. The molecule has 0 amide bonds. The predicted octanol–water partition coefficient (Wildman–Crippen LogP) is -1.56. The molecule has 0 aromatic carbocycles. The minimum absolute atomic E-state index is 0.296. The van der Waals surface area contributed by atoms with Gasteiger partial charge in [0.05, 0.1) is 19.4 Å². The van der Waals surface area contributed by atoms with Crippen LogP contribution in [0.25, 0.3) is 0 Å². The summed E-state index contributed by atoms with van der Waals surface area (Å²) in [6.07, 6.45) is -0.593. The Morgan fingerprint density at radius 1 is 1.05 bits per heavy atom. The van der Waals surface area contributed by atoms with Gasteiger partial charge in [-0.2, -0.15) is 0 Å². The van der Waals surface area contributed by atoms with Gasteiger partial charge in [-0.3, -0.25) is 18.9 Å². The average molecular weight is 303 g/mol. The summed E-state index contributed by atoms with van der Waals surface area (Å²) in [5.41, 5.74) is 4.86. The predicted molar refractivity (Wildman–Crippen MR) is 58.1 cm³/mol. The van der Waals surface area contributed by atoms with Crippen molar-refractivity contribution in [3.63, 3.8) is 0 Å². The molecule has 0 unspecified atom stereocenters. The van der Waals surface area contributed by atoms with Crippen LogP contribution in [0.1, 0.15) is 12.8 Å². The maximum Gasteiger partial charge on any atom is 0.469 e. The first kappa shape index (κ1) is 19.8. The number of nitrogens with two attached hydrogens (primary N) is 1. The van der Waals surface area contributed by atoms with E-state index in [1.54, 1.807) is 0 Å². The molecule has 0 radical (unpaired) electrons. The Hall–Kier alpha value is -1.52. The summed E-state index contributed by atoms with van der Waals surface area (Å²) in [7, 11) is -4.60. The lowest BCUT2D eigenvalue weighted by Gasteiger charge is -2.07. The smallest absolute Gasteiger partial charge is 0.469 e. The highest BCUT2D eigenvalue weighted by atomic mass is 31.2.